The topological polar surface area (TPSA) is 83.1 Å². The van der Waals surface area contributed by atoms with Gasteiger partial charge in [0.1, 0.15) is 19.3 Å². The third-order valence-corrected chi connectivity index (χ3v) is 2.98. The van der Waals surface area contributed by atoms with Gasteiger partial charge in [-0.25, -0.2) is 9.59 Å². The summed E-state index contributed by atoms with van der Waals surface area (Å²) < 4.78 is 19.6. The van der Waals surface area contributed by atoms with Gasteiger partial charge in [0, 0.05) is 14.2 Å². The second-order valence-corrected chi connectivity index (χ2v) is 4.84. The monoisotopic (exact) mass is 319 g/mol. The van der Waals surface area contributed by atoms with Gasteiger partial charge in [0.25, 0.3) is 0 Å². The summed E-state index contributed by atoms with van der Waals surface area (Å²) in [5.74, 6) is -0.461. The van der Waals surface area contributed by atoms with Crippen molar-refractivity contribution in [1.29, 1.82) is 0 Å². The van der Waals surface area contributed by atoms with Gasteiger partial charge in [-0.15, -0.1) is 0 Å². The van der Waals surface area contributed by atoms with Crippen LogP contribution in [0.2, 0.25) is 0 Å². The molecule has 0 heterocycles. The smallest absolute Gasteiger partial charge is 0.407 e. The summed E-state index contributed by atoms with van der Waals surface area (Å²) in [6.07, 6.45) is 3.96. The van der Waals surface area contributed by atoms with Gasteiger partial charge < -0.3 is 24.3 Å². The van der Waals surface area contributed by atoms with Crippen LogP contribution >= 0.6 is 0 Å². The van der Waals surface area contributed by atoms with Crippen LogP contribution in [0, 0.1) is 0 Å². The molecule has 0 saturated carbocycles. The number of carbonyl (C=O) groups excluding carboxylic acids is 2. The van der Waals surface area contributed by atoms with E-state index in [4.69, 9.17) is 18.9 Å². The van der Waals surface area contributed by atoms with Crippen molar-refractivity contribution >= 4 is 12.1 Å². The van der Waals surface area contributed by atoms with Gasteiger partial charge >= 0.3 is 12.1 Å². The van der Waals surface area contributed by atoms with E-state index in [9.17, 15) is 9.59 Å². The highest BCUT2D eigenvalue weighted by molar-refractivity contribution is 5.81. The van der Waals surface area contributed by atoms with Crippen LogP contribution in [0.5, 0.6) is 0 Å². The van der Waals surface area contributed by atoms with E-state index in [0.717, 1.165) is 25.7 Å². The van der Waals surface area contributed by atoms with E-state index >= 15 is 0 Å². The third kappa shape index (κ3) is 11.3. The van der Waals surface area contributed by atoms with Crippen molar-refractivity contribution in [3.05, 3.63) is 0 Å². The molecule has 0 fully saturated rings. The van der Waals surface area contributed by atoms with E-state index in [1.165, 1.54) is 14.2 Å². The van der Waals surface area contributed by atoms with Crippen molar-refractivity contribution in [2.75, 3.05) is 40.6 Å². The van der Waals surface area contributed by atoms with Gasteiger partial charge in [-0.2, -0.15) is 0 Å². The number of alkyl carbamates (subject to hydrolysis) is 1. The Hall–Kier alpha value is -1.34. The van der Waals surface area contributed by atoms with Gasteiger partial charge in [-0.3, -0.25) is 0 Å². The lowest BCUT2D eigenvalue weighted by molar-refractivity contribution is -0.147. The van der Waals surface area contributed by atoms with Crippen LogP contribution in [0.15, 0.2) is 0 Å². The Kier molecular flexibility index (Phi) is 13.7. The predicted octanol–water partition coefficient (Wildman–Crippen LogP) is 1.89. The van der Waals surface area contributed by atoms with Crippen LogP contribution in [-0.4, -0.2) is 58.8 Å². The molecule has 0 aromatic heterocycles. The van der Waals surface area contributed by atoms with Crippen LogP contribution in [0.3, 0.4) is 0 Å². The Morgan fingerprint density at radius 3 is 2.14 bits per heavy atom. The number of rotatable bonds is 13. The van der Waals surface area contributed by atoms with E-state index in [2.05, 4.69) is 12.2 Å². The molecule has 7 heteroatoms. The molecule has 0 aliphatic rings. The van der Waals surface area contributed by atoms with Crippen molar-refractivity contribution in [2.45, 2.75) is 45.1 Å². The molecule has 7 nitrogen and oxygen atoms in total. The van der Waals surface area contributed by atoms with Crippen LogP contribution < -0.4 is 5.32 Å². The summed E-state index contributed by atoms with van der Waals surface area (Å²) in [6, 6.07) is -0.691. The van der Waals surface area contributed by atoms with Gasteiger partial charge in [-0.1, -0.05) is 32.6 Å². The molecule has 0 aromatic rings. The maximum Gasteiger partial charge on any atom is 0.407 e. The Bertz CT molecular complexity index is 298. The van der Waals surface area contributed by atoms with E-state index in [1.807, 2.05) is 0 Å². The molecule has 1 atom stereocenters. The molecule has 22 heavy (non-hydrogen) atoms. The molecule has 0 aromatic carbocycles. The minimum absolute atomic E-state index is 0.142. The van der Waals surface area contributed by atoms with Gasteiger partial charge in [-0.05, 0) is 6.42 Å². The fourth-order valence-corrected chi connectivity index (χ4v) is 1.75. The molecule has 1 unspecified atom stereocenters. The summed E-state index contributed by atoms with van der Waals surface area (Å²) in [5.41, 5.74) is 0. The van der Waals surface area contributed by atoms with E-state index in [-0.39, 0.29) is 13.2 Å². The summed E-state index contributed by atoms with van der Waals surface area (Å²) in [4.78, 5) is 23.6. The summed E-state index contributed by atoms with van der Waals surface area (Å²) in [7, 11) is 3.05. The molecule has 1 N–H and O–H groups in total. The van der Waals surface area contributed by atoms with Crippen molar-refractivity contribution in [2.24, 2.45) is 0 Å². The Morgan fingerprint density at radius 1 is 0.909 bits per heavy atom. The zero-order valence-corrected chi connectivity index (χ0v) is 13.9. The second kappa shape index (κ2) is 14.6. The summed E-state index contributed by atoms with van der Waals surface area (Å²) >= 11 is 0. The maximum atomic E-state index is 12.0. The molecule has 0 aliphatic heterocycles. The molecule has 1 amide bonds. The lowest BCUT2D eigenvalue weighted by Crippen LogP contribution is -2.42. The Balaban J connectivity index is 4.24. The number of amides is 1. The third-order valence-electron chi connectivity index (χ3n) is 2.98. The first-order valence-corrected chi connectivity index (χ1v) is 7.73. The highest BCUT2D eigenvalue weighted by atomic mass is 16.6. The molecule has 0 rings (SSSR count). The second-order valence-electron chi connectivity index (χ2n) is 4.84. The zero-order chi connectivity index (χ0) is 16.6. The first kappa shape index (κ1) is 20.7. The number of unbranched alkanes of at least 4 members (excludes halogenated alkanes) is 3. The maximum absolute atomic E-state index is 12.0. The van der Waals surface area contributed by atoms with Crippen molar-refractivity contribution in [1.82, 2.24) is 5.32 Å². The average Bonchev–Trinajstić information content (AvgIpc) is 2.50. The van der Waals surface area contributed by atoms with Crippen molar-refractivity contribution < 1.29 is 28.5 Å². The first-order chi connectivity index (χ1) is 10.7. The number of hydrogen-bond acceptors (Lipinski definition) is 6. The Morgan fingerprint density at radius 2 is 1.55 bits per heavy atom. The lowest BCUT2D eigenvalue weighted by Gasteiger charge is -2.17. The van der Waals surface area contributed by atoms with Crippen LogP contribution in [0.25, 0.3) is 0 Å². The van der Waals surface area contributed by atoms with Crippen molar-refractivity contribution in [3.63, 3.8) is 0 Å². The molecule has 0 aliphatic carbocycles. The van der Waals surface area contributed by atoms with E-state index in [1.54, 1.807) is 0 Å². The number of esters is 1. The Labute approximate surface area is 132 Å². The van der Waals surface area contributed by atoms with E-state index < -0.39 is 18.1 Å². The molecule has 0 saturated heterocycles. The minimum Gasteiger partial charge on any atom is -0.462 e. The molecular weight excluding hydrogens is 290 g/mol. The van der Waals surface area contributed by atoms with Crippen LogP contribution in [0.1, 0.15) is 39.0 Å². The number of methoxy groups -OCH3 is 2. The molecule has 0 spiro atoms. The quantitative estimate of drug-likeness (QED) is 0.412. The van der Waals surface area contributed by atoms with E-state index in [0.29, 0.717) is 19.6 Å². The molecular formula is C15H29NO6. The molecule has 130 valence electrons. The normalized spacial score (nSPS) is 11.8. The van der Waals surface area contributed by atoms with Crippen LogP contribution in [0.4, 0.5) is 4.79 Å². The SMILES string of the molecule is CCCCCCC(NC(=O)OCCOC)C(=O)OCCOC. The van der Waals surface area contributed by atoms with Crippen LogP contribution in [-0.2, 0) is 23.7 Å². The summed E-state index contributed by atoms with van der Waals surface area (Å²) in [6.45, 7) is 3.06. The zero-order valence-electron chi connectivity index (χ0n) is 13.9. The fraction of sp³-hybridized carbons (Fsp3) is 0.867. The highest BCUT2D eigenvalue weighted by Gasteiger charge is 2.22. The fourth-order valence-electron chi connectivity index (χ4n) is 1.75. The lowest BCUT2D eigenvalue weighted by atomic mass is 10.1. The largest absolute Gasteiger partial charge is 0.462 e. The number of ether oxygens (including phenoxy) is 4. The van der Waals surface area contributed by atoms with Gasteiger partial charge in [0.15, 0.2) is 0 Å². The highest BCUT2D eigenvalue weighted by Crippen LogP contribution is 2.07. The predicted molar refractivity (Wildman–Crippen MR) is 81.7 cm³/mol. The molecule has 0 bridgehead atoms. The molecule has 0 radical (unpaired) electrons. The van der Waals surface area contributed by atoms with Crippen molar-refractivity contribution in [3.8, 4) is 0 Å². The van der Waals surface area contributed by atoms with Gasteiger partial charge in [0.05, 0.1) is 13.2 Å². The van der Waals surface area contributed by atoms with Gasteiger partial charge in [0.2, 0.25) is 0 Å². The minimum atomic E-state index is -0.691. The number of hydrogen-bond donors (Lipinski definition) is 1. The average molecular weight is 319 g/mol. The summed E-state index contributed by atoms with van der Waals surface area (Å²) in [5, 5.41) is 2.55. The standard InChI is InChI=1S/C15H29NO6/c1-4-5-6-7-8-13(14(17)21-11-9-19-2)16-15(18)22-12-10-20-3/h13H,4-12H2,1-3H3,(H,16,18). The number of nitrogens with one attached hydrogen (secondary N) is 1. The first-order valence-electron chi connectivity index (χ1n) is 7.73. The number of carbonyl (C=O) groups is 2.